The summed E-state index contributed by atoms with van der Waals surface area (Å²) in [6.07, 6.45) is 1.71. The van der Waals surface area contributed by atoms with E-state index < -0.39 is 0 Å². The van der Waals surface area contributed by atoms with Crippen molar-refractivity contribution in [2.75, 3.05) is 0 Å². The molecule has 1 aliphatic carbocycles. The van der Waals surface area contributed by atoms with Gasteiger partial charge in [0.15, 0.2) is 5.78 Å². The number of halogens is 1. The lowest BCUT2D eigenvalue weighted by atomic mass is 10.2. The van der Waals surface area contributed by atoms with Crippen molar-refractivity contribution in [1.29, 1.82) is 10.8 Å². The number of carbonyl (C=O) groups is 1. The van der Waals surface area contributed by atoms with Gasteiger partial charge < -0.3 is 0 Å². The molecule has 0 spiro atoms. The van der Waals surface area contributed by atoms with Crippen LogP contribution in [0, 0.1) is 22.6 Å². The van der Waals surface area contributed by atoms with Crippen LogP contribution in [0.4, 0.5) is 4.39 Å². The summed E-state index contributed by atoms with van der Waals surface area (Å²) in [6, 6.07) is 5.46. The zero-order valence-electron chi connectivity index (χ0n) is 9.00. The summed E-state index contributed by atoms with van der Waals surface area (Å²) in [7, 11) is 0. The lowest BCUT2D eigenvalue weighted by molar-refractivity contribution is -0.113. The Kier molecular flexibility index (Phi) is 3.38. The van der Waals surface area contributed by atoms with Crippen LogP contribution in [0.2, 0.25) is 0 Å². The molecule has 0 aliphatic heterocycles. The zero-order valence-corrected chi connectivity index (χ0v) is 9.81. The van der Waals surface area contributed by atoms with E-state index in [-0.39, 0.29) is 27.6 Å². The Balaban J connectivity index is 1.98. The predicted molar refractivity (Wildman–Crippen MR) is 66.3 cm³/mol. The summed E-state index contributed by atoms with van der Waals surface area (Å²) in [4.78, 5) is 11.5. The van der Waals surface area contributed by atoms with E-state index in [1.807, 2.05) is 0 Å². The van der Waals surface area contributed by atoms with E-state index in [2.05, 4.69) is 0 Å². The summed E-state index contributed by atoms with van der Waals surface area (Å²) in [6.45, 7) is 0. The molecule has 1 aromatic carbocycles. The molecule has 0 bridgehead atoms. The van der Waals surface area contributed by atoms with Gasteiger partial charge in [0.2, 0.25) is 0 Å². The Morgan fingerprint density at radius 3 is 2.35 bits per heavy atom. The third-order valence-electron chi connectivity index (χ3n) is 2.48. The number of hydrogen-bond acceptors (Lipinski definition) is 4. The number of thioether (sulfide) groups is 1. The van der Waals surface area contributed by atoms with Crippen molar-refractivity contribution in [2.24, 2.45) is 5.92 Å². The van der Waals surface area contributed by atoms with Gasteiger partial charge in [0, 0.05) is 11.5 Å². The fourth-order valence-electron chi connectivity index (χ4n) is 1.34. The summed E-state index contributed by atoms with van der Waals surface area (Å²) in [5, 5.41) is 15.3. The van der Waals surface area contributed by atoms with Crippen LogP contribution in [0.25, 0.3) is 0 Å². The maximum absolute atomic E-state index is 12.7. The molecular formula is C12H11FN2OS. The van der Waals surface area contributed by atoms with Crippen LogP contribution in [0.1, 0.15) is 18.4 Å². The smallest absolute Gasteiger partial charge is 0.190 e. The number of Topliss-reactive ketones (excluding diaryl/α,β-unsaturated/α-hetero) is 1. The third-order valence-corrected chi connectivity index (χ3v) is 3.33. The summed E-state index contributed by atoms with van der Waals surface area (Å²) in [5.74, 6) is -0.548. The molecule has 2 N–H and O–H groups in total. The number of ketones is 1. The van der Waals surface area contributed by atoms with E-state index in [1.165, 1.54) is 24.3 Å². The fourth-order valence-corrected chi connectivity index (χ4v) is 2.07. The van der Waals surface area contributed by atoms with Crippen LogP contribution in [-0.4, -0.2) is 15.9 Å². The van der Waals surface area contributed by atoms with Gasteiger partial charge in [-0.05, 0) is 48.9 Å². The van der Waals surface area contributed by atoms with Gasteiger partial charge in [-0.1, -0.05) is 0 Å². The fraction of sp³-hybridized carbons (Fsp3) is 0.250. The summed E-state index contributed by atoms with van der Waals surface area (Å²) >= 11 is 0.830. The molecule has 0 unspecified atom stereocenters. The molecule has 1 aliphatic rings. The number of hydrogen-bond donors (Lipinski definition) is 2. The van der Waals surface area contributed by atoms with Crippen LogP contribution in [0.15, 0.2) is 24.3 Å². The average molecular weight is 250 g/mol. The highest BCUT2D eigenvalue weighted by molar-refractivity contribution is 8.28. The summed E-state index contributed by atoms with van der Waals surface area (Å²) in [5.41, 5.74) is 0.518. The number of carbonyl (C=O) groups excluding carboxylic acids is 1. The maximum Gasteiger partial charge on any atom is 0.190 e. The Morgan fingerprint density at radius 2 is 1.82 bits per heavy atom. The predicted octanol–water partition coefficient (Wildman–Crippen LogP) is 2.84. The van der Waals surface area contributed by atoms with Crippen molar-refractivity contribution >= 4 is 27.6 Å². The molecule has 3 nitrogen and oxygen atoms in total. The Labute approximate surface area is 102 Å². The first-order valence-electron chi connectivity index (χ1n) is 5.23. The Hall–Kier alpha value is -1.49. The second-order valence-electron chi connectivity index (χ2n) is 3.91. The largest absolute Gasteiger partial charge is 0.293 e. The van der Waals surface area contributed by atoms with E-state index in [0.29, 0.717) is 5.56 Å². The van der Waals surface area contributed by atoms with Gasteiger partial charge in [-0.3, -0.25) is 15.6 Å². The zero-order chi connectivity index (χ0) is 12.4. The molecule has 0 atom stereocenters. The molecule has 1 saturated carbocycles. The molecule has 17 heavy (non-hydrogen) atoms. The molecular weight excluding hydrogens is 239 g/mol. The van der Waals surface area contributed by atoms with E-state index in [0.717, 1.165) is 24.6 Å². The lowest BCUT2D eigenvalue weighted by Gasteiger charge is -2.04. The van der Waals surface area contributed by atoms with Crippen molar-refractivity contribution in [1.82, 2.24) is 0 Å². The summed E-state index contributed by atoms with van der Waals surface area (Å²) < 4.78 is 12.7. The van der Waals surface area contributed by atoms with Gasteiger partial charge in [0.25, 0.3) is 0 Å². The third kappa shape index (κ3) is 3.00. The maximum atomic E-state index is 12.7. The second kappa shape index (κ2) is 4.79. The Bertz CT molecular complexity index is 480. The molecule has 0 saturated heterocycles. The van der Waals surface area contributed by atoms with Crippen LogP contribution in [0.3, 0.4) is 0 Å². The molecule has 1 fully saturated rings. The van der Waals surface area contributed by atoms with E-state index >= 15 is 0 Å². The van der Waals surface area contributed by atoms with Gasteiger partial charge >= 0.3 is 0 Å². The van der Waals surface area contributed by atoms with Crippen molar-refractivity contribution in [2.45, 2.75) is 12.8 Å². The monoisotopic (exact) mass is 250 g/mol. The minimum atomic E-state index is -0.365. The number of benzene rings is 1. The molecule has 2 rings (SSSR count). The quantitative estimate of drug-likeness (QED) is 0.640. The SMILES string of the molecule is N=C(SC(=N)c1ccc(F)cc1)C(=O)C1CC1. The van der Waals surface area contributed by atoms with Crippen LogP contribution >= 0.6 is 11.8 Å². The van der Waals surface area contributed by atoms with E-state index in [4.69, 9.17) is 10.8 Å². The van der Waals surface area contributed by atoms with E-state index in [9.17, 15) is 9.18 Å². The van der Waals surface area contributed by atoms with Crippen molar-refractivity contribution in [3.63, 3.8) is 0 Å². The van der Waals surface area contributed by atoms with Crippen molar-refractivity contribution < 1.29 is 9.18 Å². The van der Waals surface area contributed by atoms with Crippen molar-refractivity contribution in [3.05, 3.63) is 35.6 Å². The normalized spacial score (nSPS) is 14.4. The number of nitrogens with one attached hydrogen (secondary N) is 2. The van der Waals surface area contributed by atoms with E-state index in [1.54, 1.807) is 0 Å². The van der Waals surface area contributed by atoms with Gasteiger partial charge in [0.1, 0.15) is 15.9 Å². The second-order valence-corrected chi connectivity index (χ2v) is 4.93. The molecule has 1 aromatic rings. The minimum absolute atomic E-state index is 0.00369. The van der Waals surface area contributed by atoms with Gasteiger partial charge in [-0.15, -0.1) is 0 Å². The molecule has 0 aromatic heterocycles. The van der Waals surface area contributed by atoms with Crippen molar-refractivity contribution in [3.8, 4) is 0 Å². The molecule has 0 radical (unpaired) electrons. The molecule has 88 valence electrons. The van der Waals surface area contributed by atoms with Crippen LogP contribution in [0.5, 0.6) is 0 Å². The van der Waals surface area contributed by atoms with Gasteiger partial charge in [-0.25, -0.2) is 4.39 Å². The number of rotatable bonds is 3. The first-order valence-corrected chi connectivity index (χ1v) is 6.04. The highest BCUT2D eigenvalue weighted by Gasteiger charge is 2.32. The van der Waals surface area contributed by atoms with Gasteiger partial charge in [-0.2, -0.15) is 0 Å². The first kappa shape index (κ1) is 12.0. The molecule has 5 heteroatoms. The lowest BCUT2D eigenvalue weighted by Crippen LogP contribution is -2.13. The molecule has 0 amide bonds. The Morgan fingerprint density at radius 1 is 1.24 bits per heavy atom. The minimum Gasteiger partial charge on any atom is -0.293 e. The first-order chi connectivity index (χ1) is 8.08. The van der Waals surface area contributed by atoms with Crippen LogP contribution in [-0.2, 0) is 4.79 Å². The topological polar surface area (TPSA) is 64.8 Å². The standard InChI is InChI=1S/C12H11FN2OS/c13-9-5-3-8(4-6-9)11(14)17-12(15)10(16)7-1-2-7/h3-7,14-15H,1-2H2. The highest BCUT2D eigenvalue weighted by Crippen LogP contribution is 2.32. The molecule has 0 heterocycles. The van der Waals surface area contributed by atoms with Crippen LogP contribution < -0.4 is 0 Å². The average Bonchev–Trinajstić information content (AvgIpc) is 3.12. The van der Waals surface area contributed by atoms with Gasteiger partial charge in [0.05, 0.1) is 0 Å². The highest BCUT2D eigenvalue weighted by atomic mass is 32.2.